The lowest BCUT2D eigenvalue weighted by molar-refractivity contribution is -0.121. The summed E-state index contributed by atoms with van der Waals surface area (Å²) in [5, 5.41) is 10.1. The quantitative estimate of drug-likeness (QED) is 0.834. The zero-order chi connectivity index (χ0) is 12.4. The number of fused-ring (bicyclic) bond motifs is 1. The predicted octanol–water partition coefficient (Wildman–Crippen LogP) is 1.93. The molecular weight excluding hydrogens is 354 g/mol. The molecule has 1 amide bonds. The molecular formula is C11H11Br2NO3. The SMILES string of the molecule is O=C1COc2ccc(Br)cc2N1CC(O)CBr. The maximum atomic E-state index is 11.8. The first-order valence-electron chi connectivity index (χ1n) is 5.08. The molecule has 17 heavy (non-hydrogen) atoms. The number of ether oxygens (including phenoxy) is 1. The number of hydrogen-bond donors (Lipinski definition) is 1. The molecule has 1 N–H and O–H groups in total. The fourth-order valence-electron chi connectivity index (χ4n) is 1.63. The van der Waals surface area contributed by atoms with Crippen LogP contribution in [0.4, 0.5) is 5.69 Å². The first-order valence-corrected chi connectivity index (χ1v) is 7.00. The molecule has 6 heteroatoms. The first-order chi connectivity index (χ1) is 8.11. The highest BCUT2D eigenvalue weighted by Crippen LogP contribution is 2.34. The van der Waals surface area contributed by atoms with Gasteiger partial charge in [0, 0.05) is 9.80 Å². The average Bonchev–Trinajstić information content (AvgIpc) is 2.32. The van der Waals surface area contributed by atoms with Gasteiger partial charge in [-0.3, -0.25) is 4.79 Å². The minimum Gasteiger partial charge on any atom is -0.482 e. The summed E-state index contributed by atoms with van der Waals surface area (Å²) in [6, 6.07) is 5.47. The maximum Gasteiger partial charge on any atom is 0.265 e. The number of hydrogen-bond acceptors (Lipinski definition) is 3. The van der Waals surface area contributed by atoms with E-state index in [4.69, 9.17) is 4.74 Å². The normalized spacial score (nSPS) is 16.4. The van der Waals surface area contributed by atoms with E-state index < -0.39 is 6.10 Å². The van der Waals surface area contributed by atoms with Crippen molar-refractivity contribution >= 4 is 43.5 Å². The Labute approximate surface area is 116 Å². The molecule has 0 aliphatic carbocycles. The van der Waals surface area contributed by atoms with Crippen LogP contribution in [0.5, 0.6) is 5.75 Å². The van der Waals surface area contributed by atoms with Crippen LogP contribution in [0.15, 0.2) is 22.7 Å². The topological polar surface area (TPSA) is 49.8 Å². The molecule has 1 aromatic carbocycles. The maximum absolute atomic E-state index is 11.8. The predicted molar refractivity (Wildman–Crippen MR) is 71.8 cm³/mol. The van der Waals surface area contributed by atoms with E-state index >= 15 is 0 Å². The van der Waals surface area contributed by atoms with Gasteiger partial charge in [-0.05, 0) is 18.2 Å². The molecule has 0 radical (unpaired) electrons. The number of β-amino-alcohol motifs (C(OH)–C–C–N with tert-alkyl or cyclic N) is 1. The second-order valence-electron chi connectivity index (χ2n) is 3.71. The van der Waals surface area contributed by atoms with Crippen LogP contribution in [0.1, 0.15) is 0 Å². The van der Waals surface area contributed by atoms with Crippen molar-refractivity contribution in [1.29, 1.82) is 0 Å². The van der Waals surface area contributed by atoms with Crippen LogP contribution in [-0.2, 0) is 4.79 Å². The largest absolute Gasteiger partial charge is 0.482 e. The Hall–Kier alpha value is -0.590. The van der Waals surface area contributed by atoms with Crippen molar-refractivity contribution in [2.75, 3.05) is 23.4 Å². The van der Waals surface area contributed by atoms with Gasteiger partial charge >= 0.3 is 0 Å². The van der Waals surface area contributed by atoms with Crippen molar-refractivity contribution in [3.63, 3.8) is 0 Å². The van der Waals surface area contributed by atoms with Gasteiger partial charge in [0.25, 0.3) is 5.91 Å². The Bertz CT molecular complexity index is 439. The van der Waals surface area contributed by atoms with Crippen molar-refractivity contribution in [3.05, 3.63) is 22.7 Å². The molecule has 0 bridgehead atoms. The Morgan fingerprint density at radius 3 is 3.00 bits per heavy atom. The number of amides is 1. The molecule has 92 valence electrons. The minimum atomic E-state index is -0.594. The summed E-state index contributed by atoms with van der Waals surface area (Å²) < 4.78 is 6.20. The number of aliphatic hydroxyl groups excluding tert-OH is 1. The lowest BCUT2D eigenvalue weighted by Gasteiger charge is -2.30. The lowest BCUT2D eigenvalue weighted by Crippen LogP contribution is -2.43. The summed E-state index contributed by atoms with van der Waals surface area (Å²) in [5.41, 5.74) is 0.690. The third kappa shape index (κ3) is 2.81. The summed E-state index contributed by atoms with van der Waals surface area (Å²) in [6.07, 6.45) is -0.594. The highest BCUT2D eigenvalue weighted by molar-refractivity contribution is 9.10. The van der Waals surface area contributed by atoms with E-state index in [-0.39, 0.29) is 19.1 Å². The van der Waals surface area contributed by atoms with E-state index in [1.807, 2.05) is 12.1 Å². The number of halogens is 2. The van der Waals surface area contributed by atoms with Crippen LogP contribution in [0.25, 0.3) is 0 Å². The highest BCUT2D eigenvalue weighted by Gasteiger charge is 2.27. The average molecular weight is 365 g/mol. The second-order valence-corrected chi connectivity index (χ2v) is 5.28. The molecule has 2 rings (SSSR count). The number of alkyl halides is 1. The van der Waals surface area contributed by atoms with Gasteiger partial charge in [-0.15, -0.1) is 0 Å². The molecule has 1 aromatic rings. The number of anilines is 1. The van der Waals surface area contributed by atoms with E-state index in [9.17, 15) is 9.90 Å². The third-order valence-electron chi connectivity index (χ3n) is 2.44. The van der Waals surface area contributed by atoms with Gasteiger partial charge in [-0.1, -0.05) is 31.9 Å². The summed E-state index contributed by atoms with van der Waals surface area (Å²) in [6.45, 7) is 0.278. The van der Waals surface area contributed by atoms with Crippen molar-refractivity contribution in [1.82, 2.24) is 0 Å². The highest BCUT2D eigenvalue weighted by atomic mass is 79.9. The zero-order valence-electron chi connectivity index (χ0n) is 8.90. The fraction of sp³-hybridized carbons (Fsp3) is 0.364. The molecule has 1 aliphatic heterocycles. The summed E-state index contributed by atoms with van der Waals surface area (Å²) in [5.74, 6) is 0.519. The van der Waals surface area contributed by atoms with Crippen molar-refractivity contribution in [2.24, 2.45) is 0 Å². The van der Waals surface area contributed by atoms with Gasteiger partial charge in [0.1, 0.15) is 5.75 Å². The number of nitrogens with zero attached hydrogens (tertiary/aromatic N) is 1. The van der Waals surface area contributed by atoms with Crippen molar-refractivity contribution < 1.29 is 14.6 Å². The molecule has 0 spiro atoms. The van der Waals surface area contributed by atoms with Crippen LogP contribution in [0, 0.1) is 0 Å². The van der Waals surface area contributed by atoms with E-state index in [0.717, 1.165) is 4.47 Å². The molecule has 0 saturated carbocycles. The molecule has 0 fully saturated rings. The van der Waals surface area contributed by atoms with Crippen LogP contribution in [0.2, 0.25) is 0 Å². The Morgan fingerprint density at radius 1 is 1.53 bits per heavy atom. The lowest BCUT2D eigenvalue weighted by atomic mass is 10.2. The third-order valence-corrected chi connectivity index (χ3v) is 3.68. The number of rotatable bonds is 3. The molecule has 0 saturated heterocycles. The minimum absolute atomic E-state index is 0.0175. The van der Waals surface area contributed by atoms with Gasteiger partial charge in [0.05, 0.1) is 18.3 Å². The van der Waals surface area contributed by atoms with Gasteiger partial charge < -0.3 is 14.7 Å². The molecule has 1 aliphatic rings. The molecule has 0 aromatic heterocycles. The second kappa shape index (κ2) is 5.37. The van der Waals surface area contributed by atoms with E-state index in [0.29, 0.717) is 16.8 Å². The van der Waals surface area contributed by atoms with Gasteiger partial charge in [0.15, 0.2) is 6.61 Å². The molecule has 1 atom stereocenters. The number of carbonyl (C=O) groups excluding carboxylic acids is 1. The monoisotopic (exact) mass is 363 g/mol. The van der Waals surface area contributed by atoms with Crippen LogP contribution >= 0.6 is 31.9 Å². The number of benzene rings is 1. The molecule has 4 nitrogen and oxygen atoms in total. The number of aliphatic hydroxyl groups is 1. The Morgan fingerprint density at radius 2 is 2.29 bits per heavy atom. The smallest absolute Gasteiger partial charge is 0.265 e. The van der Waals surface area contributed by atoms with Crippen LogP contribution in [-0.4, -0.2) is 35.6 Å². The molecule has 1 heterocycles. The van der Waals surface area contributed by atoms with Gasteiger partial charge in [-0.25, -0.2) is 0 Å². The van der Waals surface area contributed by atoms with Gasteiger partial charge in [-0.2, -0.15) is 0 Å². The van der Waals surface area contributed by atoms with Crippen LogP contribution < -0.4 is 9.64 Å². The van der Waals surface area contributed by atoms with Crippen molar-refractivity contribution in [3.8, 4) is 5.75 Å². The van der Waals surface area contributed by atoms with Crippen molar-refractivity contribution in [2.45, 2.75) is 6.10 Å². The summed E-state index contributed by atoms with van der Waals surface area (Å²) in [4.78, 5) is 13.3. The summed E-state index contributed by atoms with van der Waals surface area (Å²) >= 11 is 6.54. The van der Waals surface area contributed by atoms with E-state index in [1.165, 1.54) is 0 Å². The van der Waals surface area contributed by atoms with E-state index in [2.05, 4.69) is 31.9 Å². The Kier molecular flexibility index (Phi) is 4.06. The fourth-order valence-corrected chi connectivity index (χ4v) is 2.19. The van der Waals surface area contributed by atoms with E-state index in [1.54, 1.807) is 11.0 Å². The molecule has 1 unspecified atom stereocenters. The van der Waals surface area contributed by atoms with Crippen LogP contribution in [0.3, 0.4) is 0 Å². The zero-order valence-corrected chi connectivity index (χ0v) is 12.1. The summed E-state index contributed by atoms with van der Waals surface area (Å²) in [7, 11) is 0. The van der Waals surface area contributed by atoms with Gasteiger partial charge in [0.2, 0.25) is 0 Å². The number of carbonyl (C=O) groups is 1. The first kappa shape index (κ1) is 12.9. The standard InChI is InChI=1S/C11H11Br2NO3/c12-4-8(15)5-14-9-3-7(13)1-2-10(9)17-6-11(14)16/h1-3,8,15H,4-6H2. The Balaban J connectivity index is 2.32.